The van der Waals surface area contributed by atoms with Crippen LogP contribution in [0.1, 0.15) is 24.2 Å². The van der Waals surface area contributed by atoms with Gasteiger partial charge in [0.2, 0.25) is 0 Å². The molecular weight excluding hydrogens is 252 g/mol. The van der Waals surface area contributed by atoms with Gasteiger partial charge in [-0.25, -0.2) is 4.79 Å². The Balaban J connectivity index is 2.64. The number of carbonyl (C=O) groups is 1. The first kappa shape index (κ1) is 12.9. The zero-order valence-electron chi connectivity index (χ0n) is 10.6. The van der Waals surface area contributed by atoms with Crippen LogP contribution < -0.4 is 0 Å². The summed E-state index contributed by atoms with van der Waals surface area (Å²) >= 11 is 6.13. The van der Waals surface area contributed by atoms with Gasteiger partial charge in [-0.15, -0.1) is 0 Å². The second kappa shape index (κ2) is 4.98. The van der Waals surface area contributed by atoms with Crippen molar-refractivity contribution in [1.82, 2.24) is 9.78 Å². The quantitative estimate of drug-likeness (QED) is 0.802. The Morgan fingerprint density at radius 1 is 1.50 bits per heavy atom. The predicted octanol–water partition coefficient (Wildman–Crippen LogP) is 3.13. The van der Waals surface area contributed by atoms with Crippen molar-refractivity contribution < 1.29 is 9.53 Å². The largest absolute Gasteiger partial charge is 0.465 e. The van der Waals surface area contributed by atoms with Crippen molar-refractivity contribution in [2.45, 2.75) is 20.4 Å². The lowest BCUT2D eigenvalue weighted by Gasteiger charge is -2.06. The van der Waals surface area contributed by atoms with E-state index in [1.54, 1.807) is 6.07 Å². The Morgan fingerprint density at radius 2 is 2.22 bits per heavy atom. The number of carbonyl (C=O) groups excluding carboxylic acids is 1. The second-order valence-corrected chi connectivity index (χ2v) is 4.92. The summed E-state index contributed by atoms with van der Waals surface area (Å²) in [6.07, 6.45) is 0. The number of ether oxygens (including phenoxy) is 1. The lowest BCUT2D eigenvalue weighted by molar-refractivity contribution is 0.0603. The van der Waals surface area contributed by atoms with Crippen molar-refractivity contribution in [1.29, 1.82) is 0 Å². The highest BCUT2D eigenvalue weighted by Crippen LogP contribution is 2.27. The van der Waals surface area contributed by atoms with Crippen LogP contribution in [0.15, 0.2) is 18.2 Å². The molecule has 1 aromatic heterocycles. The summed E-state index contributed by atoms with van der Waals surface area (Å²) in [5, 5.41) is 5.28. The Bertz CT molecular complexity index is 590. The number of fused-ring (bicyclic) bond motifs is 1. The fourth-order valence-corrected chi connectivity index (χ4v) is 2.24. The standard InChI is InChI=1S/C13H15ClN2O2/c1-8(2)7-16-10-6-4-5-9(13(17)18-3)11(10)12(14)15-16/h4-6,8H,7H2,1-3H3. The molecule has 0 saturated heterocycles. The molecule has 0 amide bonds. The fourth-order valence-electron chi connectivity index (χ4n) is 1.95. The third-order valence-corrected chi connectivity index (χ3v) is 2.94. The van der Waals surface area contributed by atoms with Gasteiger partial charge in [0.1, 0.15) is 0 Å². The number of methoxy groups -OCH3 is 1. The molecule has 0 saturated carbocycles. The van der Waals surface area contributed by atoms with Crippen molar-refractivity contribution in [2.75, 3.05) is 7.11 Å². The van der Waals surface area contributed by atoms with Gasteiger partial charge in [0.15, 0.2) is 5.15 Å². The zero-order chi connectivity index (χ0) is 13.3. The van der Waals surface area contributed by atoms with Crippen LogP contribution >= 0.6 is 11.6 Å². The molecule has 0 aliphatic rings. The number of hydrogen-bond donors (Lipinski definition) is 0. The second-order valence-electron chi connectivity index (χ2n) is 4.56. The topological polar surface area (TPSA) is 44.1 Å². The molecule has 2 aromatic rings. The van der Waals surface area contributed by atoms with E-state index in [2.05, 4.69) is 18.9 Å². The van der Waals surface area contributed by atoms with Crippen molar-refractivity contribution in [3.8, 4) is 0 Å². The monoisotopic (exact) mass is 266 g/mol. The summed E-state index contributed by atoms with van der Waals surface area (Å²) in [7, 11) is 1.35. The van der Waals surface area contributed by atoms with Gasteiger partial charge in [-0.05, 0) is 18.1 Å². The maximum atomic E-state index is 11.7. The van der Waals surface area contributed by atoms with Crippen molar-refractivity contribution in [3.63, 3.8) is 0 Å². The van der Waals surface area contributed by atoms with Gasteiger partial charge >= 0.3 is 5.97 Å². The molecular formula is C13H15ClN2O2. The molecule has 0 fully saturated rings. The normalized spacial score (nSPS) is 11.2. The average molecular weight is 267 g/mol. The van der Waals surface area contributed by atoms with Gasteiger partial charge in [-0.1, -0.05) is 31.5 Å². The molecule has 18 heavy (non-hydrogen) atoms. The third-order valence-electron chi connectivity index (χ3n) is 2.68. The van der Waals surface area contributed by atoms with Crippen LogP contribution in [0, 0.1) is 5.92 Å². The molecule has 1 heterocycles. The number of halogens is 1. The van der Waals surface area contributed by atoms with Crippen LogP contribution in [0.3, 0.4) is 0 Å². The van der Waals surface area contributed by atoms with E-state index >= 15 is 0 Å². The molecule has 0 spiro atoms. The number of aromatic nitrogens is 2. The maximum absolute atomic E-state index is 11.7. The lowest BCUT2D eigenvalue weighted by atomic mass is 10.1. The number of hydrogen-bond acceptors (Lipinski definition) is 3. The van der Waals surface area contributed by atoms with E-state index < -0.39 is 5.97 Å². The number of rotatable bonds is 3. The molecule has 0 aliphatic heterocycles. The minimum Gasteiger partial charge on any atom is -0.465 e. The molecule has 0 N–H and O–H groups in total. The van der Waals surface area contributed by atoms with Crippen molar-refractivity contribution >= 4 is 28.5 Å². The Morgan fingerprint density at radius 3 is 2.83 bits per heavy atom. The molecule has 2 rings (SSSR count). The molecule has 0 bridgehead atoms. The van der Waals surface area contributed by atoms with Crippen molar-refractivity contribution in [2.24, 2.45) is 5.92 Å². The van der Waals surface area contributed by atoms with Crippen LogP contribution in [-0.2, 0) is 11.3 Å². The zero-order valence-corrected chi connectivity index (χ0v) is 11.4. The Kier molecular flexibility index (Phi) is 3.57. The van der Waals surface area contributed by atoms with E-state index in [9.17, 15) is 4.79 Å². The van der Waals surface area contributed by atoms with E-state index in [1.165, 1.54) is 7.11 Å². The molecule has 0 unspecified atom stereocenters. The number of nitrogens with zero attached hydrogens (tertiary/aromatic N) is 2. The van der Waals surface area contributed by atoms with Gasteiger partial charge < -0.3 is 4.74 Å². The number of benzene rings is 1. The van der Waals surface area contributed by atoms with E-state index in [4.69, 9.17) is 16.3 Å². The summed E-state index contributed by atoms with van der Waals surface area (Å²) in [5.74, 6) is 0.0533. The molecule has 5 heteroatoms. The predicted molar refractivity (Wildman–Crippen MR) is 70.9 cm³/mol. The molecule has 1 aromatic carbocycles. The van der Waals surface area contributed by atoms with E-state index in [0.29, 0.717) is 22.0 Å². The Hall–Kier alpha value is -1.55. The van der Waals surface area contributed by atoms with Gasteiger partial charge in [-0.3, -0.25) is 4.68 Å². The molecule has 4 nitrogen and oxygen atoms in total. The first-order valence-electron chi connectivity index (χ1n) is 5.78. The summed E-state index contributed by atoms with van der Waals surface area (Å²) in [6.45, 7) is 4.96. The highest BCUT2D eigenvalue weighted by atomic mass is 35.5. The highest BCUT2D eigenvalue weighted by molar-refractivity contribution is 6.35. The van der Waals surface area contributed by atoms with Crippen LogP contribution in [0.2, 0.25) is 5.15 Å². The van der Waals surface area contributed by atoms with Gasteiger partial charge in [0.25, 0.3) is 0 Å². The first-order chi connectivity index (χ1) is 8.54. The summed E-state index contributed by atoms with van der Waals surface area (Å²) in [6, 6.07) is 5.41. The highest BCUT2D eigenvalue weighted by Gasteiger charge is 2.17. The SMILES string of the molecule is COC(=O)c1cccc2c1c(Cl)nn2CC(C)C. The number of esters is 1. The Labute approximate surface area is 110 Å². The van der Waals surface area contributed by atoms with Crippen molar-refractivity contribution in [3.05, 3.63) is 28.9 Å². The van der Waals surface area contributed by atoms with Crippen LogP contribution in [-0.4, -0.2) is 22.9 Å². The fraction of sp³-hybridized carbons (Fsp3) is 0.385. The van der Waals surface area contributed by atoms with Gasteiger partial charge in [0, 0.05) is 6.54 Å². The van der Waals surface area contributed by atoms with E-state index in [0.717, 1.165) is 12.1 Å². The van der Waals surface area contributed by atoms with E-state index in [-0.39, 0.29) is 0 Å². The summed E-state index contributed by atoms with van der Waals surface area (Å²) in [5.41, 5.74) is 1.31. The smallest absolute Gasteiger partial charge is 0.338 e. The first-order valence-corrected chi connectivity index (χ1v) is 6.15. The molecule has 0 atom stereocenters. The van der Waals surface area contributed by atoms with Crippen LogP contribution in [0.25, 0.3) is 10.9 Å². The minimum atomic E-state index is -0.397. The molecule has 0 radical (unpaired) electrons. The van der Waals surface area contributed by atoms with E-state index in [1.807, 2.05) is 16.8 Å². The third kappa shape index (κ3) is 2.20. The summed E-state index contributed by atoms with van der Waals surface area (Å²) < 4.78 is 6.58. The average Bonchev–Trinajstić information content (AvgIpc) is 2.65. The van der Waals surface area contributed by atoms with Crippen LogP contribution in [0.4, 0.5) is 0 Å². The minimum absolute atomic E-state index is 0.339. The molecule has 96 valence electrons. The van der Waals surface area contributed by atoms with Gasteiger partial charge in [0.05, 0.1) is 23.6 Å². The maximum Gasteiger partial charge on any atom is 0.338 e. The van der Waals surface area contributed by atoms with Crippen LogP contribution in [0.5, 0.6) is 0 Å². The summed E-state index contributed by atoms with van der Waals surface area (Å²) in [4.78, 5) is 11.7. The lowest BCUT2D eigenvalue weighted by Crippen LogP contribution is -2.06. The molecule has 0 aliphatic carbocycles. The van der Waals surface area contributed by atoms with Gasteiger partial charge in [-0.2, -0.15) is 5.10 Å².